The minimum absolute atomic E-state index is 0.0978. The average molecular weight is 367 g/mol. The van der Waals surface area contributed by atoms with Crippen molar-refractivity contribution in [1.29, 1.82) is 0 Å². The zero-order valence-corrected chi connectivity index (χ0v) is 15.6. The first-order valence-electron chi connectivity index (χ1n) is 9.95. The molecule has 1 atom stereocenters. The molecule has 142 valence electrons. The molecule has 5 heteroatoms. The van der Waals surface area contributed by atoms with E-state index in [1.165, 1.54) is 25.5 Å². The summed E-state index contributed by atoms with van der Waals surface area (Å²) in [6.45, 7) is 4.14. The maximum absolute atomic E-state index is 13.9. The second-order valence-electron chi connectivity index (χ2n) is 7.59. The molecule has 2 fully saturated rings. The van der Waals surface area contributed by atoms with E-state index >= 15 is 0 Å². The van der Waals surface area contributed by atoms with Gasteiger partial charge in [0.05, 0.1) is 6.20 Å². The molecular weight excluding hydrogens is 341 g/mol. The minimum Gasteiger partial charge on any atom is -0.334 e. The number of rotatable bonds is 4. The molecule has 4 rings (SSSR count). The minimum atomic E-state index is -0.349. The number of aromatic nitrogens is 1. The van der Waals surface area contributed by atoms with Crippen LogP contribution in [0.3, 0.4) is 0 Å². The molecule has 2 saturated heterocycles. The molecule has 27 heavy (non-hydrogen) atoms. The molecule has 0 N–H and O–H groups in total. The molecule has 0 spiro atoms. The number of pyridine rings is 1. The Balaban J connectivity index is 1.49. The quantitative estimate of drug-likeness (QED) is 0.820. The van der Waals surface area contributed by atoms with E-state index in [1.807, 2.05) is 24.3 Å². The van der Waals surface area contributed by atoms with Gasteiger partial charge in [-0.3, -0.25) is 9.78 Å². The average Bonchev–Trinajstić information content (AvgIpc) is 3.22. The van der Waals surface area contributed by atoms with Crippen LogP contribution in [0.5, 0.6) is 0 Å². The Morgan fingerprint density at radius 3 is 2.52 bits per heavy atom. The van der Waals surface area contributed by atoms with Gasteiger partial charge in [0.1, 0.15) is 5.82 Å². The van der Waals surface area contributed by atoms with Crippen molar-refractivity contribution in [2.45, 2.75) is 38.1 Å². The van der Waals surface area contributed by atoms with Gasteiger partial charge in [-0.05, 0) is 69.0 Å². The lowest BCUT2D eigenvalue weighted by Gasteiger charge is -2.38. The number of nitrogens with zero attached hydrogens (tertiary/aromatic N) is 3. The fourth-order valence-corrected chi connectivity index (χ4v) is 4.29. The van der Waals surface area contributed by atoms with E-state index < -0.39 is 0 Å². The summed E-state index contributed by atoms with van der Waals surface area (Å²) in [7, 11) is 0. The molecule has 0 bridgehead atoms. The van der Waals surface area contributed by atoms with Gasteiger partial charge in [0, 0.05) is 36.5 Å². The molecule has 2 aliphatic heterocycles. The number of likely N-dealkylation sites (tertiary alicyclic amines) is 2. The third-order valence-electron chi connectivity index (χ3n) is 5.77. The number of hydrogen-bond donors (Lipinski definition) is 0. The summed E-state index contributed by atoms with van der Waals surface area (Å²) in [4.78, 5) is 21.5. The summed E-state index contributed by atoms with van der Waals surface area (Å²) in [5.74, 6) is -0.251. The van der Waals surface area contributed by atoms with Gasteiger partial charge >= 0.3 is 0 Å². The smallest absolute Gasteiger partial charge is 0.254 e. The third-order valence-corrected chi connectivity index (χ3v) is 5.77. The van der Waals surface area contributed by atoms with Crippen LogP contribution in [0.4, 0.5) is 4.39 Å². The number of benzene rings is 1. The molecule has 0 radical (unpaired) electrons. The van der Waals surface area contributed by atoms with Crippen molar-refractivity contribution in [1.82, 2.24) is 14.8 Å². The van der Waals surface area contributed by atoms with Crippen molar-refractivity contribution < 1.29 is 9.18 Å². The Hall–Kier alpha value is -2.27. The van der Waals surface area contributed by atoms with E-state index in [2.05, 4.69) is 14.8 Å². The van der Waals surface area contributed by atoms with Gasteiger partial charge in [0.15, 0.2) is 0 Å². The summed E-state index contributed by atoms with van der Waals surface area (Å²) >= 11 is 0. The van der Waals surface area contributed by atoms with Crippen LogP contribution in [0.1, 0.15) is 42.5 Å². The molecule has 0 unspecified atom stereocenters. The molecule has 1 aromatic carbocycles. The third kappa shape index (κ3) is 4.03. The number of piperidine rings is 1. The monoisotopic (exact) mass is 367 g/mol. The van der Waals surface area contributed by atoms with Gasteiger partial charge in [-0.15, -0.1) is 0 Å². The van der Waals surface area contributed by atoms with E-state index in [4.69, 9.17) is 0 Å². The van der Waals surface area contributed by atoms with E-state index in [0.717, 1.165) is 44.6 Å². The van der Waals surface area contributed by atoms with Crippen molar-refractivity contribution in [3.63, 3.8) is 0 Å². The molecular formula is C22H26FN3O. The molecule has 0 aliphatic carbocycles. The molecule has 0 saturated carbocycles. The van der Waals surface area contributed by atoms with Gasteiger partial charge in [0.2, 0.25) is 0 Å². The van der Waals surface area contributed by atoms with Crippen LogP contribution in [-0.4, -0.2) is 52.9 Å². The maximum Gasteiger partial charge on any atom is 0.254 e. The number of halogens is 1. The highest BCUT2D eigenvalue weighted by Gasteiger charge is 2.29. The first-order chi connectivity index (χ1) is 13.2. The lowest BCUT2D eigenvalue weighted by atomic mass is 9.99. The van der Waals surface area contributed by atoms with Crippen molar-refractivity contribution in [2.75, 3.05) is 26.2 Å². The van der Waals surface area contributed by atoms with Crippen molar-refractivity contribution in [3.8, 4) is 11.1 Å². The highest BCUT2D eigenvalue weighted by molar-refractivity contribution is 5.95. The van der Waals surface area contributed by atoms with Crippen LogP contribution in [0.25, 0.3) is 11.1 Å². The lowest BCUT2D eigenvalue weighted by molar-refractivity contribution is 0.0560. The second kappa shape index (κ2) is 8.17. The van der Waals surface area contributed by atoms with Crippen LogP contribution in [-0.2, 0) is 0 Å². The van der Waals surface area contributed by atoms with Crippen LogP contribution >= 0.6 is 0 Å². The zero-order chi connectivity index (χ0) is 18.6. The van der Waals surface area contributed by atoms with Crippen LogP contribution in [0.2, 0.25) is 0 Å². The van der Waals surface area contributed by atoms with Gasteiger partial charge in [0.25, 0.3) is 5.91 Å². The first kappa shape index (κ1) is 18.1. The Kier molecular flexibility index (Phi) is 5.48. The molecule has 1 aromatic heterocycles. The number of amides is 1. The highest BCUT2D eigenvalue weighted by Crippen LogP contribution is 2.25. The lowest BCUT2D eigenvalue weighted by Crippen LogP contribution is -2.49. The van der Waals surface area contributed by atoms with Gasteiger partial charge in [-0.2, -0.15) is 0 Å². The first-order valence-corrected chi connectivity index (χ1v) is 9.95. The van der Waals surface area contributed by atoms with Crippen LogP contribution in [0, 0.1) is 5.82 Å². The van der Waals surface area contributed by atoms with E-state index in [1.54, 1.807) is 12.3 Å². The number of carbonyl (C=O) groups excluding carboxylic acids is 1. The van der Waals surface area contributed by atoms with Gasteiger partial charge < -0.3 is 9.80 Å². The Bertz CT molecular complexity index is 786. The Morgan fingerprint density at radius 2 is 1.78 bits per heavy atom. The van der Waals surface area contributed by atoms with E-state index in [-0.39, 0.29) is 11.7 Å². The van der Waals surface area contributed by atoms with E-state index in [9.17, 15) is 9.18 Å². The molecule has 2 aromatic rings. The Morgan fingerprint density at radius 1 is 1.04 bits per heavy atom. The topological polar surface area (TPSA) is 36.4 Å². The largest absolute Gasteiger partial charge is 0.334 e. The normalized spacial score (nSPS) is 20.8. The second-order valence-corrected chi connectivity index (χ2v) is 7.59. The van der Waals surface area contributed by atoms with Crippen LogP contribution in [0.15, 0.2) is 42.7 Å². The summed E-state index contributed by atoms with van der Waals surface area (Å²) in [6.07, 6.45) is 8.69. The summed E-state index contributed by atoms with van der Waals surface area (Å²) in [5.41, 5.74) is 1.95. The maximum atomic E-state index is 13.9. The Labute approximate surface area is 160 Å². The predicted molar refractivity (Wildman–Crippen MR) is 104 cm³/mol. The SMILES string of the molecule is O=C(c1ccc(-c2ccncc2F)cc1)N1CCCC[C@@H]1CN1CCCC1. The number of hydrogen-bond acceptors (Lipinski definition) is 3. The number of carbonyl (C=O) groups is 1. The zero-order valence-electron chi connectivity index (χ0n) is 15.6. The molecule has 2 aliphatic rings. The standard InChI is InChI=1S/C22H26FN3O/c23-21-15-24-11-10-20(21)17-6-8-18(9-7-17)22(27)26-14-2-1-5-19(26)16-25-12-3-4-13-25/h6-11,15,19H,1-5,12-14,16H2/t19-/m1/s1. The van der Waals surface area contributed by atoms with Gasteiger partial charge in [-0.1, -0.05) is 12.1 Å². The van der Waals surface area contributed by atoms with Crippen molar-refractivity contribution in [2.24, 2.45) is 0 Å². The summed E-state index contributed by atoms with van der Waals surface area (Å²) < 4.78 is 13.9. The van der Waals surface area contributed by atoms with E-state index in [0.29, 0.717) is 17.2 Å². The van der Waals surface area contributed by atoms with Crippen molar-refractivity contribution >= 4 is 5.91 Å². The molecule has 4 nitrogen and oxygen atoms in total. The predicted octanol–water partition coefficient (Wildman–Crippen LogP) is 3.98. The van der Waals surface area contributed by atoms with Crippen molar-refractivity contribution in [3.05, 3.63) is 54.1 Å². The summed E-state index contributed by atoms with van der Waals surface area (Å²) in [5, 5.41) is 0. The molecule has 3 heterocycles. The summed E-state index contributed by atoms with van der Waals surface area (Å²) in [6, 6.07) is 9.25. The highest BCUT2D eigenvalue weighted by atomic mass is 19.1. The fourth-order valence-electron chi connectivity index (χ4n) is 4.29. The van der Waals surface area contributed by atoms with Crippen LogP contribution < -0.4 is 0 Å². The van der Waals surface area contributed by atoms with Gasteiger partial charge in [-0.25, -0.2) is 4.39 Å². The molecule has 1 amide bonds. The fraction of sp³-hybridized carbons (Fsp3) is 0.455.